The van der Waals surface area contributed by atoms with Gasteiger partial charge in [0.1, 0.15) is 0 Å². The third-order valence-electron chi connectivity index (χ3n) is 5.01. The summed E-state index contributed by atoms with van der Waals surface area (Å²) in [4.78, 5) is 26.7. The van der Waals surface area contributed by atoms with Gasteiger partial charge in [-0.15, -0.1) is 0 Å². The lowest BCUT2D eigenvalue weighted by Crippen LogP contribution is -2.48. The lowest BCUT2D eigenvalue weighted by molar-refractivity contribution is -0.143. The number of rotatable bonds is 4. The zero-order valence-electron chi connectivity index (χ0n) is 14.7. The van der Waals surface area contributed by atoms with Gasteiger partial charge in [0.25, 0.3) is 0 Å². The number of ether oxygens (including phenoxy) is 1. The second-order valence-electron chi connectivity index (χ2n) is 7.17. The number of carbonyl (C=O) groups excluding carboxylic acids is 2. The van der Waals surface area contributed by atoms with Crippen LogP contribution >= 0.6 is 0 Å². The molecule has 1 amide bonds. The molecule has 2 aliphatic rings. The summed E-state index contributed by atoms with van der Waals surface area (Å²) in [7, 11) is 0. The van der Waals surface area contributed by atoms with Crippen LogP contribution in [0.1, 0.15) is 61.0 Å². The lowest BCUT2D eigenvalue weighted by Gasteiger charge is -2.35. The summed E-state index contributed by atoms with van der Waals surface area (Å²) >= 11 is 0. The highest BCUT2D eigenvalue weighted by atomic mass is 16.5. The molecule has 0 aromatic heterocycles. The molecule has 3 rings (SSSR count). The molecule has 24 heavy (non-hydrogen) atoms. The van der Waals surface area contributed by atoms with E-state index >= 15 is 0 Å². The molecule has 1 heterocycles. The molecule has 4 nitrogen and oxygen atoms in total. The smallest absolute Gasteiger partial charge is 0.223 e. The number of nitrogens with zero attached hydrogens (tertiary/aromatic N) is 1. The van der Waals surface area contributed by atoms with E-state index in [4.69, 9.17) is 4.74 Å². The summed E-state index contributed by atoms with van der Waals surface area (Å²) in [5.41, 5.74) is 3.45. The third-order valence-corrected chi connectivity index (χ3v) is 5.01. The van der Waals surface area contributed by atoms with Crippen LogP contribution in [0.2, 0.25) is 0 Å². The van der Waals surface area contributed by atoms with Crippen molar-refractivity contribution in [3.8, 4) is 0 Å². The largest absolute Gasteiger partial charge is 0.372 e. The van der Waals surface area contributed by atoms with E-state index in [-0.39, 0.29) is 36.7 Å². The van der Waals surface area contributed by atoms with Crippen LogP contribution in [0, 0.1) is 0 Å². The Balaban J connectivity index is 1.56. The van der Waals surface area contributed by atoms with Crippen molar-refractivity contribution in [2.45, 2.75) is 64.6 Å². The van der Waals surface area contributed by atoms with Gasteiger partial charge in [-0.05, 0) is 56.7 Å². The quantitative estimate of drug-likeness (QED) is 0.797. The van der Waals surface area contributed by atoms with Crippen LogP contribution in [0.3, 0.4) is 0 Å². The molecule has 0 radical (unpaired) electrons. The maximum absolute atomic E-state index is 12.5. The molecule has 0 bridgehead atoms. The Hall–Kier alpha value is -1.68. The Morgan fingerprint density at radius 3 is 2.42 bits per heavy atom. The molecule has 1 aliphatic heterocycles. The second kappa shape index (κ2) is 7.47. The van der Waals surface area contributed by atoms with Gasteiger partial charge >= 0.3 is 0 Å². The minimum Gasteiger partial charge on any atom is -0.372 e. The van der Waals surface area contributed by atoms with Gasteiger partial charge in [-0.2, -0.15) is 0 Å². The van der Waals surface area contributed by atoms with Crippen molar-refractivity contribution in [1.82, 2.24) is 4.90 Å². The molecule has 1 aromatic rings. The van der Waals surface area contributed by atoms with Gasteiger partial charge < -0.3 is 9.64 Å². The van der Waals surface area contributed by atoms with Gasteiger partial charge in [-0.25, -0.2) is 0 Å². The summed E-state index contributed by atoms with van der Waals surface area (Å²) in [5, 5.41) is 0. The summed E-state index contributed by atoms with van der Waals surface area (Å²) in [5.74, 6) is 0.134. The number of hydrogen-bond donors (Lipinski definition) is 0. The number of benzene rings is 1. The molecule has 0 spiro atoms. The highest BCUT2D eigenvalue weighted by Gasteiger charge is 2.26. The first-order valence-electron chi connectivity index (χ1n) is 9.11. The van der Waals surface area contributed by atoms with E-state index in [9.17, 15) is 9.59 Å². The summed E-state index contributed by atoms with van der Waals surface area (Å²) < 4.78 is 5.65. The molecular formula is C20H27NO3. The molecule has 2 unspecified atom stereocenters. The van der Waals surface area contributed by atoms with Crippen molar-refractivity contribution in [3.63, 3.8) is 0 Å². The van der Waals surface area contributed by atoms with E-state index in [1.54, 1.807) is 0 Å². The van der Waals surface area contributed by atoms with Crippen LogP contribution in [-0.4, -0.2) is 41.9 Å². The predicted molar refractivity (Wildman–Crippen MR) is 93.2 cm³/mol. The van der Waals surface area contributed by atoms with E-state index in [1.807, 2.05) is 30.9 Å². The highest BCUT2D eigenvalue weighted by molar-refractivity contribution is 5.98. The van der Waals surface area contributed by atoms with Gasteiger partial charge in [0, 0.05) is 31.5 Å². The molecule has 2 atom stereocenters. The Labute approximate surface area is 144 Å². The summed E-state index contributed by atoms with van der Waals surface area (Å²) in [6.07, 6.45) is 5.34. The molecule has 1 fully saturated rings. The normalized spacial score (nSPS) is 23.7. The highest BCUT2D eigenvalue weighted by Crippen LogP contribution is 2.23. The second-order valence-corrected chi connectivity index (χ2v) is 7.17. The van der Waals surface area contributed by atoms with E-state index in [1.165, 1.54) is 24.0 Å². The minimum absolute atomic E-state index is 0.0586. The SMILES string of the molecule is CC1CN(C(=O)CCC(=O)c2ccc3c(c2)CCCC3)CC(C)O1. The topological polar surface area (TPSA) is 46.6 Å². The zero-order chi connectivity index (χ0) is 17.1. The molecule has 0 N–H and O–H groups in total. The number of Topliss-reactive ketones (excluding diaryl/α,β-unsaturated/α-hetero) is 1. The van der Waals surface area contributed by atoms with Crippen molar-refractivity contribution < 1.29 is 14.3 Å². The lowest BCUT2D eigenvalue weighted by atomic mass is 9.89. The molecule has 1 aliphatic carbocycles. The van der Waals surface area contributed by atoms with Gasteiger partial charge in [0.2, 0.25) is 5.91 Å². The fraction of sp³-hybridized carbons (Fsp3) is 0.600. The van der Waals surface area contributed by atoms with Gasteiger partial charge in [0.05, 0.1) is 12.2 Å². The van der Waals surface area contributed by atoms with Crippen molar-refractivity contribution in [1.29, 1.82) is 0 Å². The van der Waals surface area contributed by atoms with Gasteiger partial charge in [-0.3, -0.25) is 9.59 Å². The van der Waals surface area contributed by atoms with Crippen LogP contribution in [0.25, 0.3) is 0 Å². The number of fused-ring (bicyclic) bond motifs is 1. The van der Waals surface area contributed by atoms with Crippen molar-refractivity contribution >= 4 is 11.7 Å². The van der Waals surface area contributed by atoms with Gasteiger partial charge in [0.15, 0.2) is 5.78 Å². The Kier molecular flexibility index (Phi) is 5.34. The Morgan fingerprint density at radius 1 is 1.04 bits per heavy atom. The maximum Gasteiger partial charge on any atom is 0.223 e. The van der Waals surface area contributed by atoms with E-state index < -0.39 is 0 Å². The number of aryl methyl sites for hydroxylation is 2. The standard InChI is InChI=1S/C20H27NO3/c1-14-12-21(13-15(2)24-14)20(23)10-9-19(22)18-8-7-16-5-3-4-6-17(16)11-18/h7-8,11,14-15H,3-6,9-10,12-13H2,1-2H3. The molecule has 1 aromatic carbocycles. The van der Waals surface area contributed by atoms with Crippen molar-refractivity contribution in [2.24, 2.45) is 0 Å². The van der Waals surface area contributed by atoms with Crippen LogP contribution in [-0.2, 0) is 22.4 Å². The van der Waals surface area contributed by atoms with Gasteiger partial charge in [-0.1, -0.05) is 12.1 Å². The first kappa shape index (κ1) is 17.2. The summed E-state index contributed by atoms with van der Waals surface area (Å²) in [6, 6.07) is 6.06. The van der Waals surface area contributed by atoms with Crippen LogP contribution in [0.4, 0.5) is 0 Å². The Morgan fingerprint density at radius 2 is 1.71 bits per heavy atom. The van der Waals surface area contributed by atoms with Crippen LogP contribution in [0.15, 0.2) is 18.2 Å². The number of ketones is 1. The average Bonchev–Trinajstić information content (AvgIpc) is 2.58. The van der Waals surface area contributed by atoms with Crippen molar-refractivity contribution in [2.75, 3.05) is 13.1 Å². The van der Waals surface area contributed by atoms with Crippen LogP contribution in [0.5, 0.6) is 0 Å². The third kappa shape index (κ3) is 4.04. The number of morpholine rings is 1. The number of amides is 1. The predicted octanol–water partition coefficient (Wildman–Crippen LogP) is 3.16. The van der Waals surface area contributed by atoms with Crippen LogP contribution < -0.4 is 0 Å². The molecule has 0 saturated carbocycles. The monoisotopic (exact) mass is 329 g/mol. The maximum atomic E-state index is 12.5. The minimum atomic E-state index is 0.0586. The molecule has 1 saturated heterocycles. The molecule has 4 heteroatoms. The average molecular weight is 329 g/mol. The number of carbonyl (C=O) groups is 2. The molecular weight excluding hydrogens is 302 g/mol. The number of hydrogen-bond acceptors (Lipinski definition) is 3. The first-order valence-corrected chi connectivity index (χ1v) is 9.11. The van der Waals surface area contributed by atoms with E-state index in [0.29, 0.717) is 13.1 Å². The van der Waals surface area contributed by atoms with E-state index in [2.05, 4.69) is 6.07 Å². The first-order chi connectivity index (χ1) is 11.5. The summed E-state index contributed by atoms with van der Waals surface area (Å²) in [6.45, 7) is 5.20. The fourth-order valence-corrected chi connectivity index (χ4v) is 3.81. The van der Waals surface area contributed by atoms with Crippen molar-refractivity contribution in [3.05, 3.63) is 34.9 Å². The fourth-order valence-electron chi connectivity index (χ4n) is 3.81. The Bertz CT molecular complexity index is 615. The zero-order valence-corrected chi connectivity index (χ0v) is 14.7. The van der Waals surface area contributed by atoms with E-state index in [0.717, 1.165) is 18.4 Å². The molecule has 130 valence electrons.